The summed E-state index contributed by atoms with van der Waals surface area (Å²) >= 11 is 0. The molecule has 3 rings (SSSR count). The van der Waals surface area contributed by atoms with Gasteiger partial charge in [-0.25, -0.2) is 0 Å². The van der Waals surface area contributed by atoms with Crippen LogP contribution in [0, 0.1) is 5.92 Å². The zero-order valence-corrected chi connectivity index (χ0v) is 20.3. The second-order valence-electron chi connectivity index (χ2n) is 9.35. The minimum Gasteiger partial charge on any atom is -0.489 e. The third-order valence-corrected chi connectivity index (χ3v) is 5.94. The molecular weight excluding hydrogens is 428 g/mol. The van der Waals surface area contributed by atoms with E-state index < -0.39 is 12.1 Å². The molecule has 1 aliphatic rings. The Bertz CT molecular complexity index is 894. The zero-order chi connectivity index (χ0) is 24.3. The molecule has 2 atom stereocenters. The fourth-order valence-electron chi connectivity index (χ4n) is 4.08. The number of nitrogens with one attached hydrogen (secondary N) is 2. The van der Waals surface area contributed by atoms with E-state index in [2.05, 4.69) is 10.6 Å². The maximum absolute atomic E-state index is 13.4. The van der Waals surface area contributed by atoms with Crippen LogP contribution in [-0.4, -0.2) is 55.0 Å². The Morgan fingerprint density at radius 2 is 1.76 bits per heavy atom. The number of benzene rings is 2. The van der Waals surface area contributed by atoms with Crippen molar-refractivity contribution in [3.8, 4) is 5.75 Å². The first-order chi connectivity index (χ1) is 16.4. The number of amides is 2. The lowest BCUT2D eigenvalue weighted by Gasteiger charge is -2.28. The Balaban J connectivity index is 1.66. The first-order valence-electron chi connectivity index (χ1n) is 12.2. The fraction of sp³-hybridized carbons (Fsp3) is 0.481. The monoisotopic (exact) mass is 466 g/mol. The Hall–Kier alpha value is -2.90. The summed E-state index contributed by atoms with van der Waals surface area (Å²) in [4.78, 5) is 28.0. The molecule has 2 aromatic rings. The predicted molar refractivity (Wildman–Crippen MR) is 134 cm³/mol. The number of ether oxygens (including phenoxy) is 1. The van der Waals surface area contributed by atoms with E-state index in [1.54, 1.807) is 0 Å². The van der Waals surface area contributed by atoms with Crippen molar-refractivity contribution >= 4 is 11.8 Å². The lowest BCUT2D eigenvalue weighted by Crippen LogP contribution is -2.54. The van der Waals surface area contributed by atoms with Gasteiger partial charge in [0.1, 0.15) is 18.4 Å². The van der Waals surface area contributed by atoms with Crippen molar-refractivity contribution in [2.45, 2.75) is 51.8 Å². The SMILES string of the molecule is CC(C)CC(N)C(=O)NC(Cc1ccc(OCc2ccccc2)cc1)C(=O)N1CCCNCC1. The molecular formula is C27H38N4O3. The minimum atomic E-state index is -0.653. The van der Waals surface area contributed by atoms with Gasteiger partial charge in [0.05, 0.1) is 6.04 Å². The molecule has 1 aliphatic heterocycles. The molecule has 7 nitrogen and oxygen atoms in total. The molecule has 0 aromatic heterocycles. The van der Waals surface area contributed by atoms with Crippen LogP contribution in [-0.2, 0) is 22.6 Å². The Morgan fingerprint density at radius 3 is 2.47 bits per heavy atom. The van der Waals surface area contributed by atoms with Gasteiger partial charge in [0.2, 0.25) is 11.8 Å². The average molecular weight is 467 g/mol. The van der Waals surface area contributed by atoms with E-state index in [0.29, 0.717) is 38.5 Å². The van der Waals surface area contributed by atoms with Crippen LogP contribution in [0.1, 0.15) is 37.8 Å². The minimum absolute atomic E-state index is 0.0572. The molecule has 0 radical (unpaired) electrons. The van der Waals surface area contributed by atoms with Gasteiger partial charge in [-0.3, -0.25) is 9.59 Å². The molecule has 7 heteroatoms. The highest BCUT2D eigenvalue weighted by molar-refractivity contribution is 5.90. The van der Waals surface area contributed by atoms with Crippen LogP contribution in [0.3, 0.4) is 0 Å². The number of hydrogen-bond acceptors (Lipinski definition) is 5. The summed E-state index contributed by atoms with van der Waals surface area (Å²) in [6.45, 7) is 7.52. The van der Waals surface area contributed by atoms with Gasteiger partial charge in [-0.05, 0) is 48.6 Å². The van der Waals surface area contributed by atoms with Crippen LogP contribution in [0.5, 0.6) is 5.75 Å². The molecule has 2 aromatic carbocycles. The van der Waals surface area contributed by atoms with Gasteiger partial charge in [-0.2, -0.15) is 0 Å². The van der Waals surface area contributed by atoms with E-state index in [1.807, 2.05) is 73.3 Å². The highest BCUT2D eigenvalue weighted by Gasteiger charge is 2.28. The van der Waals surface area contributed by atoms with Crippen LogP contribution in [0.25, 0.3) is 0 Å². The van der Waals surface area contributed by atoms with Crippen LogP contribution >= 0.6 is 0 Å². The van der Waals surface area contributed by atoms with E-state index in [0.717, 1.165) is 36.4 Å². The molecule has 0 bridgehead atoms. The average Bonchev–Trinajstić information content (AvgIpc) is 3.12. The number of hydrogen-bond donors (Lipinski definition) is 3. The van der Waals surface area contributed by atoms with E-state index in [4.69, 9.17) is 10.5 Å². The predicted octanol–water partition coefficient (Wildman–Crippen LogP) is 2.49. The van der Waals surface area contributed by atoms with Gasteiger partial charge in [0, 0.05) is 26.1 Å². The lowest BCUT2D eigenvalue weighted by atomic mass is 10.0. The normalized spacial score (nSPS) is 15.9. The maximum atomic E-state index is 13.4. The quantitative estimate of drug-likeness (QED) is 0.500. The van der Waals surface area contributed by atoms with Crippen molar-refractivity contribution in [1.82, 2.24) is 15.5 Å². The smallest absolute Gasteiger partial charge is 0.245 e. The number of nitrogens with two attached hydrogens (primary N) is 1. The van der Waals surface area contributed by atoms with Crippen molar-refractivity contribution in [2.75, 3.05) is 26.2 Å². The van der Waals surface area contributed by atoms with Crippen LogP contribution in [0.2, 0.25) is 0 Å². The molecule has 1 heterocycles. The molecule has 184 valence electrons. The first-order valence-corrected chi connectivity index (χ1v) is 12.2. The van der Waals surface area contributed by atoms with E-state index >= 15 is 0 Å². The van der Waals surface area contributed by atoms with Gasteiger partial charge in [-0.15, -0.1) is 0 Å². The van der Waals surface area contributed by atoms with Crippen LogP contribution in [0.4, 0.5) is 0 Å². The Labute approximate surface area is 203 Å². The third kappa shape index (κ3) is 8.15. The molecule has 0 saturated carbocycles. The topological polar surface area (TPSA) is 96.7 Å². The van der Waals surface area contributed by atoms with E-state index in [1.165, 1.54) is 0 Å². The van der Waals surface area contributed by atoms with Crippen molar-refractivity contribution in [1.29, 1.82) is 0 Å². The van der Waals surface area contributed by atoms with Gasteiger partial charge in [-0.1, -0.05) is 56.3 Å². The van der Waals surface area contributed by atoms with Gasteiger partial charge in [0.15, 0.2) is 0 Å². The van der Waals surface area contributed by atoms with Crippen molar-refractivity contribution in [3.63, 3.8) is 0 Å². The third-order valence-electron chi connectivity index (χ3n) is 5.94. The van der Waals surface area contributed by atoms with Crippen molar-refractivity contribution in [3.05, 3.63) is 65.7 Å². The standard InChI is InChI=1S/C27H38N4O3/c1-20(2)17-24(28)26(32)30-25(27(33)31-15-6-13-29-14-16-31)18-21-9-11-23(12-10-21)34-19-22-7-4-3-5-8-22/h3-5,7-12,20,24-25,29H,6,13-19,28H2,1-2H3,(H,30,32). The Morgan fingerprint density at radius 1 is 1.03 bits per heavy atom. The second-order valence-corrected chi connectivity index (χ2v) is 9.35. The number of carbonyl (C=O) groups excluding carboxylic acids is 2. The molecule has 34 heavy (non-hydrogen) atoms. The van der Waals surface area contributed by atoms with E-state index in [9.17, 15) is 9.59 Å². The molecule has 0 spiro atoms. The molecule has 0 aliphatic carbocycles. The highest BCUT2D eigenvalue weighted by atomic mass is 16.5. The number of nitrogens with zero attached hydrogens (tertiary/aromatic N) is 1. The molecule has 2 unspecified atom stereocenters. The largest absolute Gasteiger partial charge is 0.489 e. The van der Waals surface area contributed by atoms with Crippen molar-refractivity contribution in [2.24, 2.45) is 11.7 Å². The molecule has 1 saturated heterocycles. The van der Waals surface area contributed by atoms with Crippen LogP contribution < -0.4 is 21.1 Å². The summed E-state index contributed by atoms with van der Waals surface area (Å²) < 4.78 is 5.87. The summed E-state index contributed by atoms with van der Waals surface area (Å²) in [5.41, 5.74) is 8.16. The molecule has 4 N–H and O–H groups in total. The van der Waals surface area contributed by atoms with E-state index in [-0.39, 0.29) is 11.8 Å². The van der Waals surface area contributed by atoms with Gasteiger partial charge < -0.3 is 26.0 Å². The molecule has 1 fully saturated rings. The highest BCUT2D eigenvalue weighted by Crippen LogP contribution is 2.16. The lowest BCUT2D eigenvalue weighted by molar-refractivity contribution is -0.136. The Kier molecular flexibility index (Phi) is 9.91. The summed E-state index contributed by atoms with van der Waals surface area (Å²) in [7, 11) is 0. The van der Waals surface area contributed by atoms with Crippen LogP contribution in [0.15, 0.2) is 54.6 Å². The summed E-state index contributed by atoms with van der Waals surface area (Å²) in [5.74, 6) is 0.730. The fourth-order valence-corrected chi connectivity index (χ4v) is 4.08. The summed E-state index contributed by atoms with van der Waals surface area (Å²) in [6, 6.07) is 16.4. The maximum Gasteiger partial charge on any atom is 0.245 e. The summed E-state index contributed by atoms with van der Waals surface area (Å²) in [6.07, 6.45) is 1.88. The van der Waals surface area contributed by atoms with Gasteiger partial charge in [0.25, 0.3) is 0 Å². The second kappa shape index (κ2) is 13.1. The molecule has 2 amide bonds. The van der Waals surface area contributed by atoms with Gasteiger partial charge >= 0.3 is 0 Å². The van der Waals surface area contributed by atoms with Crippen molar-refractivity contribution < 1.29 is 14.3 Å². The number of rotatable bonds is 10. The zero-order valence-electron chi connectivity index (χ0n) is 20.3. The summed E-state index contributed by atoms with van der Waals surface area (Å²) in [5, 5.41) is 6.26. The first kappa shape index (κ1) is 25.7. The number of carbonyl (C=O) groups is 2.